The number of rotatable bonds is 2. The second kappa shape index (κ2) is 5.64. The minimum Gasteiger partial charge on any atom is -0.377 e. The number of aromatic nitrogens is 1. The van der Waals surface area contributed by atoms with Crippen molar-refractivity contribution in [3.05, 3.63) is 64.3 Å². The van der Waals surface area contributed by atoms with Crippen LogP contribution in [0.3, 0.4) is 0 Å². The van der Waals surface area contributed by atoms with E-state index in [9.17, 15) is 0 Å². The molecule has 1 aromatic heterocycles. The Hall–Kier alpha value is -2.44. The summed E-state index contributed by atoms with van der Waals surface area (Å²) in [5, 5.41) is 14.5. The average Bonchev–Trinajstić information content (AvgIpc) is 2.95. The Kier molecular flexibility index (Phi) is 3.48. The standard InChI is InChI=1S/C19H16ClN3/c20-13-6-9-17-16(10-13)15-2-1-3-18(19(15)23-17)22-14-7-4-12(11-21)5-8-14/h4-10,18,22-23H,1-3H2. The molecule has 1 unspecified atom stereocenters. The molecule has 2 N–H and O–H groups in total. The third-order valence-electron chi connectivity index (χ3n) is 4.52. The monoisotopic (exact) mass is 321 g/mol. The molecule has 0 radical (unpaired) electrons. The number of H-pyrrole nitrogens is 1. The van der Waals surface area contributed by atoms with E-state index in [1.807, 2.05) is 30.3 Å². The third-order valence-corrected chi connectivity index (χ3v) is 4.76. The summed E-state index contributed by atoms with van der Waals surface area (Å²) in [6.07, 6.45) is 3.33. The zero-order valence-electron chi connectivity index (χ0n) is 12.6. The lowest BCUT2D eigenvalue weighted by Crippen LogP contribution is -2.17. The van der Waals surface area contributed by atoms with Crippen molar-refractivity contribution in [3.8, 4) is 6.07 Å². The molecule has 3 nitrogen and oxygen atoms in total. The van der Waals surface area contributed by atoms with Crippen molar-refractivity contribution in [2.75, 3.05) is 5.32 Å². The minimum atomic E-state index is 0.262. The van der Waals surface area contributed by atoms with E-state index in [0.717, 1.165) is 35.5 Å². The van der Waals surface area contributed by atoms with Crippen LogP contribution in [0.1, 0.15) is 35.7 Å². The number of hydrogen-bond donors (Lipinski definition) is 2. The number of halogens is 1. The van der Waals surface area contributed by atoms with Gasteiger partial charge in [0.2, 0.25) is 0 Å². The molecule has 1 atom stereocenters. The molecule has 1 aliphatic carbocycles. The van der Waals surface area contributed by atoms with Gasteiger partial charge in [-0.05, 0) is 67.3 Å². The van der Waals surface area contributed by atoms with E-state index in [1.54, 1.807) is 0 Å². The van der Waals surface area contributed by atoms with E-state index in [-0.39, 0.29) is 6.04 Å². The number of anilines is 1. The highest BCUT2D eigenvalue weighted by atomic mass is 35.5. The molecule has 0 saturated heterocycles. The minimum absolute atomic E-state index is 0.262. The fraction of sp³-hybridized carbons (Fsp3) is 0.211. The van der Waals surface area contributed by atoms with Crippen molar-refractivity contribution in [2.24, 2.45) is 0 Å². The van der Waals surface area contributed by atoms with Crippen LogP contribution in [-0.4, -0.2) is 4.98 Å². The zero-order valence-corrected chi connectivity index (χ0v) is 13.3. The highest BCUT2D eigenvalue weighted by molar-refractivity contribution is 6.31. The van der Waals surface area contributed by atoms with Gasteiger partial charge in [0.15, 0.2) is 0 Å². The van der Waals surface area contributed by atoms with Crippen LogP contribution < -0.4 is 5.32 Å². The first-order valence-corrected chi connectivity index (χ1v) is 8.19. The highest BCUT2D eigenvalue weighted by Crippen LogP contribution is 2.37. The number of nitrogens with one attached hydrogen (secondary N) is 2. The Balaban J connectivity index is 1.69. The highest BCUT2D eigenvalue weighted by Gasteiger charge is 2.24. The molecule has 114 valence electrons. The van der Waals surface area contributed by atoms with E-state index < -0.39 is 0 Å². The summed E-state index contributed by atoms with van der Waals surface area (Å²) in [7, 11) is 0. The van der Waals surface area contributed by atoms with Gasteiger partial charge in [0, 0.05) is 27.3 Å². The van der Waals surface area contributed by atoms with Gasteiger partial charge in [-0.15, -0.1) is 0 Å². The van der Waals surface area contributed by atoms with Crippen molar-refractivity contribution >= 4 is 28.2 Å². The quantitative estimate of drug-likeness (QED) is 0.683. The van der Waals surface area contributed by atoms with Crippen LogP contribution in [0.5, 0.6) is 0 Å². The maximum Gasteiger partial charge on any atom is 0.0991 e. The fourth-order valence-corrected chi connectivity index (χ4v) is 3.59. The lowest BCUT2D eigenvalue weighted by Gasteiger charge is -2.24. The molecule has 0 aliphatic heterocycles. The summed E-state index contributed by atoms with van der Waals surface area (Å²) in [5.74, 6) is 0. The van der Waals surface area contributed by atoms with Gasteiger partial charge in [0.05, 0.1) is 17.7 Å². The summed E-state index contributed by atoms with van der Waals surface area (Å²) in [6, 6.07) is 16.1. The van der Waals surface area contributed by atoms with Gasteiger partial charge in [-0.2, -0.15) is 5.26 Å². The van der Waals surface area contributed by atoms with E-state index in [1.165, 1.54) is 16.6 Å². The Morgan fingerprint density at radius 2 is 2.00 bits per heavy atom. The summed E-state index contributed by atoms with van der Waals surface area (Å²) in [5.41, 5.74) is 5.50. The normalized spacial score (nSPS) is 16.8. The molecule has 0 fully saturated rings. The molecule has 1 heterocycles. The molecular weight excluding hydrogens is 306 g/mol. The van der Waals surface area contributed by atoms with Gasteiger partial charge in [-0.3, -0.25) is 0 Å². The first-order valence-electron chi connectivity index (χ1n) is 7.81. The molecule has 0 amide bonds. The Labute approximate surface area is 139 Å². The van der Waals surface area contributed by atoms with Gasteiger partial charge in [-0.1, -0.05) is 11.6 Å². The molecule has 4 rings (SSSR count). The third kappa shape index (κ3) is 2.56. The van der Waals surface area contributed by atoms with Crippen molar-refractivity contribution in [1.29, 1.82) is 5.26 Å². The number of nitriles is 1. The van der Waals surface area contributed by atoms with Crippen LogP contribution >= 0.6 is 11.6 Å². The summed E-state index contributed by atoms with van der Waals surface area (Å²) in [6.45, 7) is 0. The molecule has 2 aromatic carbocycles. The number of aromatic amines is 1. The predicted octanol–water partition coefficient (Wildman–Crippen LogP) is 5.18. The first kappa shape index (κ1) is 14.2. The largest absolute Gasteiger partial charge is 0.377 e. The topological polar surface area (TPSA) is 51.6 Å². The van der Waals surface area contributed by atoms with Crippen molar-refractivity contribution in [2.45, 2.75) is 25.3 Å². The number of hydrogen-bond acceptors (Lipinski definition) is 2. The number of nitrogens with zero attached hydrogens (tertiary/aromatic N) is 1. The lowest BCUT2D eigenvalue weighted by atomic mass is 9.91. The molecule has 3 aromatic rings. The second-order valence-corrected chi connectivity index (χ2v) is 6.42. The van der Waals surface area contributed by atoms with Crippen LogP contribution in [-0.2, 0) is 6.42 Å². The fourth-order valence-electron chi connectivity index (χ4n) is 3.42. The molecule has 1 aliphatic rings. The van der Waals surface area contributed by atoms with Crippen LogP contribution in [0.15, 0.2) is 42.5 Å². The first-order chi connectivity index (χ1) is 11.2. The summed E-state index contributed by atoms with van der Waals surface area (Å²) >= 11 is 6.16. The summed E-state index contributed by atoms with van der Waals surface area (Å²) < 4.78 is 0. The van der Waals surface area contributed by atoms with E-state index in [4.69, 9.17) is 16.9 Å². The van der Waals surface area contributed by atoms with Crippen molar-refractivity contribution in [1.82, 2.24) is 4.98 Å². The molecular formula is C19H16ClN3. The molecule has 0 saturated carbocycles. The molecule has 0 bridgehead atoms. The van der Waals surface area contributed by atoms with Crippen molar-refractivity contribution in [3.63, 3.8) is 0 Å². The second-order valence-electron chi connectivity index (χ2n) is 5.99. The maximum absolute atomic E-state index is 8.90. The Bertz CT molecular complexity index is 903. The maximum atomic E-state index is 8.90. The average molecular weight is 322 g/mol. The predicted molar refractivity (Wildman–Crippen MR) is 93.8 cm³/mol. The molecule has 23 heavy (non-hydrogen) atoms. The van der Waals surface area contributed by atoms with Gasteiger partial charge in [0.25, 0.3) is 0 Å². The van der Waals surface area contributed by atoms with Gasteiger partial charge < -0.3 is 10.3 Å². The van der Waals surface area contributed by atoms with Crippen LogP contribution in [0.4, 0.5) is 5.69 Å². The molecule has 0 spiro atoms. The number of benzene rings is 2. The van der Waals surface area contributed by atoms with Crippen LogP contribution in [0.25, 0.3) is 10.9 Å². The Morgan fingerprint density at radius 1 is 1.17 bits per heavy atom. The Morgan fingerprint density at radius 3 is 2.78 bits per heavy atom. The van der Waals surface area contributed by atoms with Crippen LogP contribution in [0, 0.1) is 11.3 Å². The zero-order chi connectivity index (χ0) is 15.8. The van der Waals surface area contributed by atoms with Gasteiger partial charge >= 0.3 is 0 Å². The van der Waals surface area contributed by atoms with Gasteiger partial charge in [0.1, 0.15) is 0 Å². The van der Waals surface area contributed by atoms with E-state index in [0.29, 0.717) is 5.56 Å². The van der Waals surface area contributed by atoms with Crippen molar-refractivity contribution < 1.29 is 0 Å². The van der Waals surface area contributed by atoms with E-state index >= 15 is 0 Å². The summed E-state index contributed by atoms with van der Waals surface area (Å²) in [4.78, 5) is 3.56. The SMILES string of the molecule is N#Cc1ccc(NC2CCCc3c2[nH]c2ccc(Cl)cc32)cc1. The number of fused-ring (bicyclic) bond motifs is 3. The molecule has 4 heteroatoms. The van der Waals surface area contributed by atoms with E-state index in [2.05, 4.69) is 28.5 Å². The van der Waals surface area contributed by atoms with Gasteiger partial charge in [-0.25, -0.2) is 0 Å². The van der Waals surface area contributed by atoms with Crippen LogP contribution in [0.2, 0.25) is 5.02 Å². The number of aryl methyl sites for hydroxylation is 1. The smallest absolute Gasteiger partial charge is 0.0991 e. The lowest BCUT2D eigenvalue weighted by molar-refractivity contribution is 0.593.